The van der Waals surface area contributed by atoms with E-state index in [4.69, 9.17) is 20.8 Å². The molecule has 196 valence electrons. The average molecular weight is 524 g/mol. The Labute approximate surface area is 222 Å². The van der Waals surface area contributed by atoms with Crippen molar-refractivity contribution >= 4 is 28.5 Å². The van der Waals surface area contributed by atoms with E-state index in [1.54, 1.807) is 6.92 Å². The summed E-state index contributed by atoms with van der Waals surface area (Å²) in [4.78, 5) is 27.9. The number of amides is 1. The van der Waals surface area contributed by atoms with Crippen molar-refractivity contribution in [2.45, 2.75) is 77.0 Å². The minimum Gasteiger partial charge on any atom is -0.480 e. The van der Waals surface area contributed by atoms with Crippen LogP contribution < -0.4 is 10.4 Å². The number of benzene rings is 2. The van der Waals surface area contributed by atoms with Gasteiger partial charge in [0, 0.05) is 23.6 Å². The summed E-state index contributed by atoms with van der Waals surface area (Å²) in [6.45, 7) is 6.10. The van der Waals surface area contributed by atoms with Gasteiger partial charge in [0.05, 0.1) is 17.0 Å². The Morgan fingerprint density at radius 2 is 1.97 bits per heavy atom. The number of aliphatic hydroxyl groups is 1. The van der Waals surface area contributed by atoms with Crippen LogP contribution in [0.25, 0.3) is 11.0 Å². The Morgan fingerprint density at radius 1 is 1.22 bits per heavy atom. The zero-order chi connectivity index (χ0) is 26.3. The molecule has 1 saturated carbocycles. The summed E-state index contributed by atoms with van der Waals surface area (Å²) >= 11 is 6.17. The molecule has 0 spiro atoms. The molecule has 2 heterocycles. The zero-order valence-corrected chi connectivity index (χ0v) is 22.4. The fraction of sp³-hybridized carbons (Fsp3) is 0.467. The predicted molar refractivity (Wildman–Crippen MR) is 144 cm³/mol. The van der Waals surface area contributed by atoms with Gasteiger partial charge in [0.25, 0.3) is 5.91 Å². The maximum Gasteiger partial charge on any atom is 0.336 e. The average Bonchev–Trinajstić information content (AvgIpc) is 2.87. The first-order chi connectivity index (χ1) is 17.7. The Hall–Kier alpha value is -2.83. The highest BCUT2D eigenvalue weighted by molar-refractivity contribution is 6.30. The molecule has 2 aromatic carbocycles. The quantitative estimate of drug-likeness (QED) is 0.416. The highest BCUT2D eigenvalue weighted by Gasteiger charge is 2.50. The number of fused-ring (bicyclic) bond motifs is 2. The first kappa shape index (κ1) is 25.8. The van der Waals surface area contributed by atoms with E-state index >= 15 is 0 Å². The number of aryl methyl sites for hydroxylation is 2. The molecule has 1 amide bonds. The first-order valence-electron chi connectivity index (χ1n) is 13.2. The van der Waals surface area contributed by atoms with Gasteiger partial charge in [-0.1, -0.05) is 43.5 Å². The number of carbonyl (C=O) groups excluding carboxylic acids is 1. The SMILES string of the molecule is CCc1cc(=O)oc2cc(C)cc(OC(C)C(=O)N3CCC4(O)CCCCC4C3c3ccc(Cl)cc3)c12. The minimum absolute atomic E-state index is 0.0481. The van der Waals surface area contributed by atoms with E-state index in [1.165, 1.54) is 6.07 Å². The lowest BCUT2D eigenvalue weighted by molar-refractivity contribution is -0.161. The molecule has 2 fully saturated rings. The van der Waals surface area contributed by atoms with Crippen LogP contribution in [0.1, 0.15) is 68.7 Å². The van der Waals surface area contributed by atoms with Gasteiger partial charge in [-0.25, -0.2) is 4.79 Å². The van der Waals surface area contributed by atoms with Crippen molar-refractivity contribution < 1.29 is 19.1 Å². The lowest BCUT2D eigenvalue weighted by atomic mass is 9.66. The van der Waals surface area contributed by atoms with Gasteiger partial charge in [-0.05, 0) is 80.5 Å². The third-order valence-corrected chi connectivity index (χ3v) is 8.38. The largest absolute Gasteiger partial charge is 0.480 e. The monoisotopic (exact) mass is 523 g/mol. The molecule has 7 heteroatoms. The van der Waals surface area contributed by atoms with Gasteiger partial charge < -0.3 is 19.2 Å². The van der Waals surface area contributed by atoms with Gasteiger partial charge in [0.15, 0.2) is 6.10 Å². The molecule has 1 aliphatic heterocycles. The van der Waals surface area contributed by atoms with E-state index in [0.717, 1.165) is 47.8 Å². The summed E-state index contributed by atoms with van der Waals surface area (Å²) in [5.74, 6) is 0.358. The predicted octanol–water partition coefficient (Wildman–Crippen LogP) is 5.98. The van der Waals surface area contributed by atoms with Gasteiger partial charge in [-0.2, -0.15) is 0 Å². The number of carbonyl (C=O) groups is 1. The van der Waals surface area contributed by atoms with Gasteiger partial charge >= 0.3 is 5.63 Å². The Kier molecular flexibility index (Phi) is 7.08. The fourth-order valence-corrected chi connectivity index (χ4v) is 6.44. The smallest absolute Gasteiger partial charge is 0.336 e. The second kappa shape index (κ2) is 10.1. The highest BCUT2D eigenvalue weighted by atomic mass is 35.5. The van der Waals surface area contributed by atoms with Gasteiger partial charge in [-0.15, -0.1) is 0 Å². The summed E-state index contributed by atoms with van der Waals surface area (Å²) in [7, 11) is 0. The molecular formula is C30H34ClNO5. The molecule has 6 nitrogen and oxygen atoms in total. The summed E-state index contributed by atoms with van der Waals surface area (Å²) in [6.07, 6.45) is 4.08. The van der Waals surface area contributed by atoms with E-state index in [2.05, 4.69) is 0 Å². The molecule has 1 aliphatic carbocycles. The van der Waals surface area contributed by atoms with Crippen molar-refractivity contribution in [2.75, 3.05) is 6.54 Å². The third kappa shape index (κ3) is 4.89. The van der Waals surface area contributed by atoms with E-state index < -0.39 is 17.3 Å². The summed E-state index contributed by atoms with van der Waals surface area (Å²) in [6, 6.07) is 12.5. The Balaban J connectivity index is 1.49. The molecule has 37 heavy (non-hydrogen) atoms. The maximum absolute atomic E-state index is 14.0. The molecular weight excluding hydrogens is 490 g/mol. The number of piperidine rings is 1. The normalized spacial score (nSPS) is 24.5. The standard InChI is InChI=1S/C30H34ClNO5/c1-4-20-17-26(33)37-25-16-18(2)15-24(27(20)25)36-19(3)29(34)32-14-13-30(35)12-6-5-7-23(30)28(32)21-8-10-22(31)11-9-21/h8-11,15-17,19,23,28,35H,4-7,12-14H2,1-3H3. The number of halogens is 1. The van der Waals surface area contributed by atoms with Crippen LogP contribution in [-0.4, -0.2) is 34.2 Å². The summed E-state index contributed by atoms with van der Waals surface area (Å²) in [5, 5.41) is 12.9. The van der Waals surface area contributed by atoms with Crippen molar-refractivity contribution in [3.05, 3.63) is 74.6 Å². The highest BCUT2D eigenvalue weighted by Crippen LogP contribution is 2.49. The van der Waals surface area contributed by atoms with Crippen LogP contribution in [0.3, 0.4) is 0 Å². The number of hydrogen-bond acceptors (Lipinski definition) is 5. The van der Waals surface area contributed by atoms with Gasteiger partial charge in [0.1, 0.15) is 11.3 Å². The van der Waals surface area contributed by atoms with Crippen LogP contribution in [0.4, 0.5) is 0 Å². The lowest BCUT2D eigenvalue weighted by Gasteiger charge is -2.53. The van der Waals surface area contributed by atoms with Crippen LogP contribution in [0.5, 0.6) is 5.75 Å². The topological polar surface area (TPSA) is 80.0 Å². The maximum atomic E-state index is 14.0. The van der Waals surface area contributed by atoms with Crippen LogP contribution in [0.15, 0.2) is 51.7 Å². The molecule has 0 radical (unpaired) electrons. The van der Waals surface area contributed by atoms with E-state index in [0.29, 0.717) is 35.7 Å². The van der Waals surface area contributed by atoms with Crippen molar-refractivity contribution in [1.82, 2.24) is 4.90 Å². The van der Waals surface area contributed by atoms with Crippen molar-refractivity contribution in [2.24, 2.45) is 5.92 Å². The third-order valence-electron chi connectivity index (χ3n) is 8.13. The van der Waals surface area contributed by atoms with Crippen LogP contribution in [0.2, 0.25) is 5.02 Å². The lowest BCUT2D eigenvalue weighted by Crippen LogP contribution is -2.58. The van der Waals surface area contributed by atoms with E-state index in [9.17, 15) is 14.7 Å². The molecule has 3 aromatic rings. The fourth-order valence-electron chi connectivity index (χ4n) is 6.32. The van der Waals surface area contributed by atoms with Gasteiger partial charge in [-0.3, -0.25) is 4.79 Å². The second-order valence-electron chi connectivity index (χ2n) is 10.6. The van der Waals surface area contributed by atoms with Crippen molar-refractivity contribution in [3.63, 3.8) is 0 Å². The number of rotatable bonds is 5. The van der Waals surface area contributed by atoms with Crippen LogP contribution >= 0.6 is 11.6 Å². The summed E-state index contributed by atoms with van der Waals surface area (Å²) < 4.78 is 11.8. The van der Waals surface area contributed by atoms with Crippen molar-refractivity contribution in [1.29, 1.82) is 0 Å². The van der Waals surface area contributed by atoms with Crippen LogP contribution in [-0.2, 0) is 11.2 Å². The molecule has 5 rings (SSSR count). The molecule has 1 N–H and O–H groups in total. The second-order valence-corrected chi connectivity index (χ2v) is 11.0. The van der Waals surface area contributed by atoms with Crippen molar-refractivity contribution in [3.8, 4) is 5.75 Å². The number of ether oxygens (including phenoxy) is 1. The Bertz CT molecular complexity index is 1370. The first-order valence-corrected chi connectivity index (χ1v) is 13.6. The number of nitrogens with zero attached hydrogens (tertiary/aromatic N) is 1. The summed E-state index contributed by atoms with van der Waals surface area (Å²) in [5.41, 5.74) is 1.97. The molecule has 1 aromatic heterocycles. The molecule has 1 saturated heterocycles. The van der Waals surface area contributed by atoms with E-state index in [1.807, 2.05) is 55.1 Å². The van der Waals surface area contributed by atoms with Crippen LogP contribution in [0, 0.1) is 12.8 Å². The minimum atomic E-state index is -0.774. The molecule has 4 unspecified atom stereocenters. The number of likely N-dealkylation sites (tertiary alicyclic amines) is 1. The van der Waals surface area contributed by atoms with Gasteiger partial charge in [0.2, 0.25) is 0 Å². The van der Waals surface area contributed by atoms with E-state index in [-0.39, 0.29) is 17.9 Å². The zero-order valence-electron chi connectivity index (χ0n) is 21.6. The Morgan fingerprint density at radius 3 is 2.70 bits per heavy atom. The molecule has 0 bridgehead atoms. The number of hydrogen-bond donors (Lipinski definition) is 1. The molecule has 2 aliphatic rings. The molecule has 4 atom stereocenters.